The van der Waals surface area contributed by atoms with Gasteiger partial charge in [-0.3, -0.25) is 4.79 Å². The van der Waals surface area contributed by atoms with E-state index in [4.69, 9.17) is 19.9 Å². The summed E-state index contributed by atoms with van der Waals surface area (Å²) in [6.45, 7) is 5.72. The van der Waals surface area contributed by atoms with Gasteiger partial charge in [-0.1, -0.05) is 0 Å². The van der Waals surface area contributed by atoms with Gasteiger partial charge in [0.05, 0.1) is 0 Å². The summed E-state index contributed by atoms with van der Waals surface area (Å²) in [5.74, 6) is -0.281. The molecule has 1 saturated heterocycles. The molecule has 1 rings (SSSR count). The third-order valence-electron chi connectivity index (χ3n) is 2.52. The molecule has 1 atom stereocenters. The molecule has 1 fully saturated rings. The zero-order chi connectivity index (χ0) is 10.8. The Hall–Kier alpha value is -0.433. The van der Waals surface area contributed by atoms with Crippen LogP contribution in [0.1, 0.15) is 20.3 Å². The van der Waals surface area contributed by atoms with Gasteiger partial charge in [0.2, 0.25) is 0 Å². The van der Waals surface area contributed by atoms with Gasteiger partial charge in [-0.2, -0.15) is 9.78 Å². The summed E-state index contributed by atoms with van der Waals surface area (Å²) in [4.78, 5) is 20.8. The van der Waals surface area contributed by atoms with Crippen LogP contribution in [-0.4, -0.2) is 26.2 Å². The summed E-state index contributed by atoms with van der Waals surface area (Å²) in [5.41, 5.74) is 4.76. The number of rotatable bonds is 5. The minimum absolute atomic E-state index is 0.281. The van der Waals surface area contributed by atoms with Gasteiger partial charge in [0.25, 0.3) is 11.4 Å². The van der Waals surface area contributed by atoms with Crippen LogP contribution >= 0.6 is 0 Å². The van der Waals surface area contributed by atoms with Crippen molar-refractivity contribution in [2.45, 2.75) is 38.3 Å². The van der Waals surface area contributed by atoms with E-state index in [1.54, 1.807) is 6.92 Å². The van der Waals surface area contributed by atoms with E-state index in [9.17, 15) is 4.79 Å². The maximum Gasteiger partial charge on any atom is 0.321 e. The van der Waals surface area contributed by atoms with Crippen molar-refractivity contribution in [2.24, 2.45) is 5.73 Å². The largest absolute Gasteiger partial charge is 0.513 e. The summed E-state index contributed by atoms with van der Waals surface area (Å²) < 4.78 is 5.36. The first kappa shape index (κ1) is 11.6. The molecule has 0 aromatic carbocycles. The second-order valence-corrected chi connectivity index (χ2v) is 7.90. The fourth-order valence-electron chi connectivity index (χ4n) is 1.37. The van der Waals surface area contributed by atoms with Gasteiger partial charge in [0, 0.05) is 6.92 Å². The van der Waals surface area contributed by atoms with Crippen LogP contribution in [0.4, 0.5) is 0 Å². The molecule has 0 radical (unpaired) electrons. The van der Waals surface area contributed by atoms with Crippen LogP contribution in [0.3, 0.4) is 0 Å². The second kappa shape index (κ2) is 3.97. The van der Waals surface area contributed by atoms with E-state index in [-0.39, 0.29) is 5.97 Å². The molecule has 1 aliphatic rings. The van der Waals surface area contributed by atoms with Crippen molar-refractivity contribution in [3.63, 3.8) is 0 Å². The first-order valence-corrected chi connectivity index (χ1v) is 7.31. The lowest BCUT2D eigenvalue weighted by atomic mass is 10.5. The Morgan fingerprint density at radius 3 is 2.50 bits per heavy atom. The molecule has 0 amide bonds. The predicted molar refractivity (Wildman–Crippen MR) is 52.4 cm³/mol. The minimum Gasteiger partial charge on any atom is -0.513 e. The lowest BCUT2D eigenvalue weighted by Gasteiger charge is -2.26. The third-order valence-corrected chi connectivity index (χ3v) is 6.65. The number of carbonyl (C=O) groups is 1. The van der Waals surface area contributed by atoms with Gasteiger partial charge < -0.3 is 10.2 Å². The van der Waals surface area contributed by atoms with E-state index in [0.29, 0.717) is 6.54 Å². The molecular formula is C8H17NO4Si. The molecule has 1 aliphatic heterocycles. The average molecular weight is 219 g/mol. The zero-order valence-electron chi connectivity index (χ0n) is 8.83. The number of carbonyl (C=O) groups excluding carboxylic acids is 1. The van der Waals surface area contributed by atoms with Crippen molar-refractivity contribution in [2.75, 3.05) is 6.54 Å². The van der Waals surface area contributed by atoms with Gasteiger partial charge in [0.15, 0.2) is 0 Å². The fourth-order valence-corrected chi connectivity index (χ4v) is 4.02. The lowest BCUT2D eigenvalue weighted by molar-refractivity contribution is -0.133. The maximum atomic E-state index is 11.0. The van der Waals surface area contributed by atoms with Gasteiger partial charge in [-0.25, -0.2) is 0 Å². The molecule has 0 aliphatic carbocycles. The molecule has 14 heavy (non-hydrogen) atoms. The van der Waals surface area contributed by atoms with E-state index >= 15 is 0 Å². The molecule has 5 nitrogen and oxygen atoms in total. The van der Waals surface area contributed by atoms with Crippen molar-refractivity contribution < 1.29 is 19.0 Å². The summed E-state index contributed by atoms with van der Waals surface area (Å²) in [6, 6.07) is 0.763. The van der Waals surface area contributed by atoms with Crippen molar-refractivity contribution in [3.05, 3.63) is 0 Å². The van der Waals surface area contributed by atoms with E-state index in [0.717, 1.165) is 12.5 Å². The SMILES string of the molecule is CC(=O)O[Si](C)(CCCN)C1(C)OO1. The first-order chi connectivity index (χ1) is 6.43. The van der Waals surface area contributed by atoms with Gasteiger partial charge in [-0.15, -0.1) is 0 Å². The topological polar surface area (TPSA) is 77.4 Å². The smallest absolute Gasteiger partial charge is 0.321 e. The van der Waals surface area contributed by atoms with E-state index in [1.165, 1.54) is 6.92 Å². The van der Waals surface area contributed by atoms with Crippen LogP contribution in [-0.2, 0) is 19.0 Å². The van der Waals surface area contributed by atoms with Gasteiger partial charge >= 0.3 is 8.32 Å². The van der Waals surface area contributed by atoms with E-state index in [2.05, 4.69) is 0 Å². The first-order valence-electron chi connectivity index (χ1n) is 4.70. The Balaban J connectivity index is 2.63. The normalized spacial score (nSPS) is 22.6. The van der Waals surface area contributed by atoms with Crippen LogP contribution in [0.25, 0.3) is 0 Å². The van der Waals surface area contributed by atoms with Crippen LogP contribution in [0.2, 0.25) is 12.6 Å². The van der Waals surface area contributed by atoms with Gasteiger partial charge in [-0.05, 0) is 32.5 Å². The molecule has 0 aromatic rings. The monoisotopic (exact) mass is 219 g/mol. The highest BCUT2D eigenvalue weighted by atomic mass is 28.4. The number of hydrogen-bond donors (Lipinski definition) is 1. The number of nitrogens with two attached hydrogens (primary N) is 1. The van der Waals surface area contributed by atoms with Crippen LogP contribution in [0.15, 0.2) is 0 Å². The van der Waals surface area contributed by atoms with E-state index in [1.807, 2.05) is 6.55 Å². The van der Waals surface area contributed by atoms with Crippen LogP contribution < -0.4 is 5.73 Å². The van der Waals surface area contributed by atoms with Crippen molar-refractivity contribution >= 4 is 14.3 Å². The lowest BCUT2D eigenvalue weighted by Crippen LogP contribution is -2.50. The summed E-state index contributed by atoms with van der Waals surface area (Å²) in [6.07, 6.45) is 0.818. The molecule has 0 aromatic heterocycles. The van der Waals surface area contributed by atoms with Crippen LogP contribution in [0.5, 0.6) is 0 Å². The summed E-state index contributed by atoms with van der Waals surface area (Å²) in [7, 11) is -2.30. The second-order valence-electron chi connectivity index (χ2n) is 3.83. The molecule has 1 unspecified atom stereocenters. The molecule has 2 N–H and O–H groups in total. The number of hydrogen-bond acceptors (Lipinski definition) is 5. The molecular weight excluding hydrogens is 202 g/mol. The highest BCUT2D eigenvalue weighted by Crippen LogP contribution is 2.41. The van der Waals surface area contributed by atoms with Crippen molar-refractivity contribution in [3.8, 4) is 0 Å². The predicted octanol–water partition coefficient (Wildman–Crippen LogP) is 0.691. The Kier molecular flexibility index (Phi) is 3.30. The molecule has 82 valence electrons. The molecule has 0 spiro atoms. The summed E-state index contributed by atoms with van der Waals surface area (Å²) >= 11 is 0. The molecule has 0 saturated carbocycles. The fraction of sp³-hybridized carbons (Fsp3) is 0.875. The molecule has 1 heterocycles. The molecule has 6 heteroatoms. The zero-order valence-corrected chi connectivity index (χ0v) is 9.83. The van der Waals surface area contributed by atoms with Gasteiger partial charge in [0.1, 0.15) is 0 Å². The average Bonchev–Trinajstić information content (AvgIpc) is 2.80. The maximum absolute atomic E-state index is 11.0. The minimum atomic E-state index is -2.30. The quantitative estimate of drug-likeness (QED) is 0.418. The Bertz CT molecular complexity index is 231. The van der Waals surface area contributed by atoms with Crippen LogP contribution in [0, 0.1) is 0 Å². The van der Waals surface area contributed by atoms with Crippen molar-refractivity contribution in [1.82, 2.24) is 0 Å². The Labute approximate surface area is 84.6 Å². The standard InChI is InChI=1S/C8H17NO4Si/c1-7(10)11-14(3,6-4-5-9)8(2)12-13-8/h4-6,9H2,1-3H3. The van der Waals surface area contributed by atoms with Crippen molar-refractivity contribution in [1.29, 1.82) is 0 Å². The highest BCUT2D eigenvalue weighted by molar-refractivity contribution is 6.76. The summed E-state index contributed by atoms with van der Waals surface area (Å²) in [5, 5.41) is 0. The highest BCUT2D eigenvalue weighted by Gasteiger charge is 2.64. The molecule has 0 bridgehead atoms. The Morgan fingerprint density at radius 1 is 1.57 bits per heavy atom. The third kappa shape index (κ3) is 2.33. The Morgan fingerprint density at radius 2 is 2.14 bits per heavy atom. The van der Waals surface area contributed by atoms with E-state index < -0.39 is 13.7 Å².